The molecule has 5 heteroatoms. The van der Waals surface area contributed by atoms with Gasteiger partial charge in [0, 0.05) is 12.1 Å². The zero-order valence-corrected chi connectivity index (χ0v) is 10.7. The van der Waals surface area contributed by atoms with Crippen molar-refractivity contribution in [3.8, 4) is 5.75 Å². The topological polar surface area (TPSA) is 47.6 Å². The molecule has 0 unspecified atom stereocenters. The van der Waals surface area contributed by atoms with Crippen LogP contribution in [-0.2, 0) is 17.7 Å². The van der Waals surface area contributed by atoms with Crippen molar-refractivity contribution in [3.63, 3.8) is 0 Å². The molecule has 2 rings (SSSR count). The summed E-state index contributed by atoms with van der Waals surface area (Å²) in [5.74, 6) is 0.552. The number of methoxy groups -OCH3 is 2. The van der Waals surface area contributed by atoms with Gasteiger partial charge in [0.15, 0.2) is 0 Å². The second kappa shape index (κ2) is 5.89. The van der Waals surface area contributed by atoms with Crippen LogP contribution in [0.5, 0.6) is 5.75 Å². The molecule has 1 N–H and O–H groups in total. The van der Waals surface area contributed by atoms with Gasteiger partial charge in [0.2, 0.25) is 0 Å². The minimum absolute atomic E-state index is 0. The van der Waals surface area contributed by atoms with Crippen LogP contribution in [-0.4, -0.2) is 26.7 Å². The number of rotatable bonds is 2. The molecule has 1 aromatic rings. The van der Waals surface area contributed by atoms with Gasteiger partial charge in [0.05, 0.1) is 19.8 Å². The van der Waals surface area contributed by atoms with Crippen LogP contribution in [0, 0.1) is 0 Å². The first-order valence-electron chi connectivity index (χ1n) is 5.25. The Morgan fingerprint density at radius 3 is 2.71 bits per heavy atom. The summed E-state index contributed by atoms with van der Waals surface area (Å²) in [6, 6.07) is 3.59. The van der Waals surface area contributed by atoms with Crippen LogP contribution < -0.4 is 10.1 Å². The molecule has 0 saturated carbocycles. The predicted octanol–water partition coefficient (Wildman–Crippen LogP) is 1.55. The normalized spacial score (nSPS) is 13.3. The standard InChI is InChI=1S/C12H15NO3.ClH/c1-15-11-4-3-9(12(14)16-2)8-5-6-13-7-10(8)11;/h3-4,13H,5-7H2,1-2H3;1H. The Morgan fingerprint density at radius 1 is 1.29 bits per heavy atom. The van der Waals surface area contributed by atoms with E-state index in [2.05, 4.69) is 5.32 Å². The summed E-state index contributed by atoms with van der Waals surface area (Å²) in [5.41, 5.74) is 2.77. The molecule has 1 aliphatic rings. The van der Waals surface area contributed by atoms with E-state index < -0.39 is 0 Å². The van der Waals surface area contributed by atoms with Crippen molar-refractivity contribution in [1.29, 1.82) is 0 Å². The quantitative estimate of drug-likeness (QED) is 0.817. The number of hydrogen-bond acceptors (Lipinski definition) is 4. The highest BCUT2D eigenvalue weighted by Crippen LogP contribution is 2.28. The Kier molecular flexibility index (Phi) is 4.78. The molecule has 0 radical (unpaired) electrons. The minimum Gasteiger partial charge on any atom is -0.496 e. The molecular formula is C12H16ClNO3. The number of ether oxygens (including phenoxy) is 2. The van der Waals surface area contributed by atoms with Crippen LogP contribution >= 0.6 is 12.4 Å². The van der Waals surface area contributed by atoms with Crippen molar-refractivity contribution in [2.45, 2.75) is 13.0 Å². The average molecular weight is 258 g/mol. The van der Waals surface area contributed by atoms with Crippen LogP contribution in [0.4, 0.5) is 0 Å². The van der Waals surface area contributed by atoms with E-state index >= 15 is 0 Å². The molecule has 0 fully saturated rings. The Morgan fingerprint density at radius 2 is 2.06 bits per heavy atom. The maximum absolute atomic E-state index is 11.6. The molecule has 0 atom stereocenters. The smallest absolute Gasteiger partial charge is 0.338 e. The first-order valence-corrected chi connectivity index (χ1v) is 5.25. The van der Waals surface area contributed by atoms with Gasteiger partial charge in [0.1, 0.15) is 5.75 Å². The van der Waals surface area contributed by atoms with E-state index in [0.29, 0.717) is 5.56 Å². The summed E-state index contributed by atoms with van der Waals surface area (Å²) in [5, 5.41) is 3.27. The molecule has 0 spiro atoms. The van der Waals surface area contributed by atoms with E-state index in [1.165, 1.54) is 7.11 Å². The molecule has 1 aliphatic heterocycles. The number of hydrogen-bond donors (Lipinski definition) is 1. The lowest BCUT2D eigenvalue weighted by Gasteiger charge is -2.21. The molecule has 0 bridgehead atoms. The molecule has 17 heavy (non-hydrogen) atoms. The van der Waals surface area contributed by atoms with Crippen molar-refractivity contribution in [1.82, 2.24) is 5.32 Å². The lowest BCUT2D eigenvalue weighted by molar-refractivity contribution is 0.0599. The van der Waals surface area contributed by atoms with Crippen molar-refractivity contribution >= 4 is 18.4 Å². The number of nitrogens with one attached hydrogen (secondary N) is 1. The summed E-state index contributed by atoms with van der Waals surface area (Å²) in [7, 11) is 3.04. The fourth-order valence-electron chi connectivity index (χ4n) is 2.07. The number of benzene rings is 1. The summed E-state index contributed by atoms with van der Waals surface area (Å²) in [4.78, 5) is 11.6. The Labute approximate surface area is 107 Å². The van der Waals surface area contributed by atoms with Gasteiger partial charge in [-0.3, -0.25) is 0 Å². The van der Waals surface area contributed by atoms with Crippen LogP contribution in [0.15, 0.2) is 12.1 Å². The van der Waals surface area contributed by atoms with Crippen LogP contribution in [0.2, 0.25) is 0 Å². The van der Waals surface area contributed by atoms with Crippen molar-refractivity contribution in [3.05, 3.63) is 28.8 Å². The van der Waals surface area contributed by atoms with E-state index in [-0.39, 0.29) is 18.4 Å². The number of carbonyl (C=O) groups excluding carboxylic acids is 1. The van der Waals surface area contributed by atoms with E-state index in [1.54, 1.807) is 13.2 Å². The van der Waals surface area contributed by atoms with Gasteiger partial charge in [-0.05, 0) is 30.7 Å². The van der Waals surface area contributed by atoms with E-state index in [4.69, 9.17) is 9.47 Å². The first-order chi connectivity index (χ1) is 7.77. The molecule has 0 saturated heterocycles. The lowest BCUT2D eigenvalue weighted by atomic mass is 9.94. The van der Waals surface area contributed by atoms with Gasteiger partial charge >= 0.3 is 5.97 Å². The fourth-order valence-corrected chi connectivity index (χ4v) is 2.07. The molecule has 1 heterocycles. The first kappa shape index (κ1) is 13.8. The number of fused-ring (bicyclic) bond motifs is 1. The van der Waals surface area contributed by atoms with E-state index in [1.807, 2.05) is 6.07 Å². The second-order valence-corrected chi connectivity index (χ2v) is 3.69. The average Bonchev–Trinajstić information content (AvgIpc) is 2.36. The summed E-state index contributed by atoms with van der Waals surface area (Å²) in [6.07, 6.45) is 0.830. The summed E-state index contributed by atoms with van der Waals surface area (Å²) < 4.78 is 10.1. The van der Waals surface area contributed by atoms with Crippen LogP contribution in [0.25, 0.3) is 0 Å². The third-order valence-corrected chi connectivity index (χ3v) is 2.87. The van der Waals surface area contributed by atoms with Crippen molar-refractivity contribution < 1.29 is 14.3 Å². The molecule has 4 nitrogen and oxygen atoms in total. The SMILES string of the molecule is COC(=O)c1ccc(OC)c2c1CCNC2.Cl. The largest absolute Gasteiger partial charge is 0.496 e. The summed E-state index contributed by atoms with van der Waals surface area (Å²) in [6.45, 7) is 1.62. The molecule has 0 aromatic heterocycles. The third kappa shape index (κ3) is 2.53. The van der Waals surface area contributed by atoms with E-state index in [9.17, 15) is 4.79 Å². The van der Waals surface area contributed by atoms with Crippen LogP contribution in [0.1, 0.15) is 21.5 Å². The molecular weight excluding hydrogens is 242 g/mol. The van der Waals surface area contributed by atoms with Crippen LogP contribution in [0.3, 0.4) is 0 Å². The number of carbonyl (C=O) groups is 1. The third-order valence-electron chi connectivity index (χ3n) is 2.87. The van der Waals surface area contributed by atoms with Gasteiger partial charge in [-0.2, -0.15) is 0 Å². The van der Waals surface area contributed by atoms with Crippen molar-refractivity contribution in [2.75, 3.05) is 20.8 Å². The highest BCUT2D eigenvalue weighted by Gasteiger charge is 2.21. The molecule has 94 valence electrons. The van der Waals surface area contributed by atoms with Gasteiger partial charge < -0.3 is 14.8 Å². The van der Waals surface area contributed by atoms with E-state index in [0.717, 1.165) is 36.4 Å². The monoisotopic (exact) mass is 257 g/mol. The second-order valence-electron chi connectivity index (χ2n) is 3.69. The number of halogens is 1. The Bertz CT molecular complexity index is 420. The van der Waals surface area contributed by atoms with Crippen molar-refractivity contribution in [2.24, 2.45) is 0 Å². The summed E-state index contributed by atoms with van der Waals surface area (Å²) >= 11 is 0. The Balaban J connectivity index is 0.00000144. The maximum Gasteiger partial charge on any atom is 0.338 e. The highest BCUT2D eigenvalue weighted by atomic mass is 35.5. The maximum atomic E-state index is 11.6. The van der Waals surface area contributed by atoms with Gasteiger partial charge in [0.25, 0.3) is 0 Å². The fraction of sp³-hybridized carbons (Fsp3) is 0.417. The van der Waals surface area contributed by atoms with Gasteiger partial charge in [-0.1, -0.05) is 0 Å². The zero-order chi connectivity index (χ0) is 11.5. The molecule has 1 aromatic carbocycles. The zero-order valence-electron chi connectivity index (χ0n) is 9.91. The minimum atomic E-state index is -0.277. The van der Waals surface area contributed by atoms with Gasteiger partial charge in [-0.15, -0.1) is 12.4 Å². The predicted molar refractivity (Wildman–Crippen MR) is 67.0 cm³/mol. The molecule has 0 aliphatic carbocycles. The number of esters is 1. The Hall–Kier alpha value is -1.26. The highest BCUT2D eigenvalue weighted by molar-refractivity contribution is 5.92. The lowest BCUT2D eigenvalue weighted by Crippen LogP contribution is -2.26. The molecule has 0 amide bonds. The van der Waals surface area contributed by atoms with Gasteiger partial charge in [-0.25, -0.2) is 4.79 Å².